The summed E-state index contributed by atoms with van der Waals surface area (Å²) >= 11 is 0. The van der Waals surface area contributed by atoms with Gasteiger partial charge in [-0.25, -0.2) is 4.79 Å². The lowest BCUT2D eigenvalue weighted by molar-refractivity contribution is -0.384. The Kier molecular flexibility index (Phi) is 2.95. The number of nitro groups is 1. The van der Waals surface area contributed by atoms with E-state index in [1.807, 2.05) is 0 Å². The van der Waals surface area contributed by atoms with E-state index in [1.165, 1.54) is 21.3 Å². The molecule has 1 atom stereocenters. The first-order valence-electron chi connectivity index (χ1n) is 6.86. The van der Waals surface area contributed by atoms with Crippen molar-refractivity contribution in [2.24, 2.45) is 7.05 Å². The van der Waals surface area contributed by atoms with Crippen LogP contribution in [0, 0.1) is 10.1 Å². The zero-order chi connectivity index (χ0) is 16.3. The lowest BCUT2D eigenvalue weighted by atomic mass is 9.91. The molecule has 1 aliphatic rings. The van der Waals surface area contributed by atoms with Gasteiger partial charge in [0, 0.05) is 19.2 Å². The molecule has 1 saturated heterocycles. The van der Waals surface area contributed by atoms with Crippen molar-refractivity contribution in [1.29, 1.82) is 0 Å². The molecular weight excluding hydrogens is 290 g/mol. The second-order valence-corrected chi connectivity index (χ2v) is 6.20. The molecule has 1 aromatic carbocycles. The van der Waals surface area contributed by atoms with Gasteiger partial charge in [0.2, 0.25) is 0 Å². The minimum Gasteiger partial charge on any atom is -0.387 e. The van der Waals surface area contributed by atoms with Gasteiger partial charge in [-0.2, -0.15) is 0 Å². The highest BCUT2D eigenvalue weighted by molar-refractivity contribution is 5.78. The number of aliphatic hydroxyl groups is 1. The van der Waals surface area contributed by atoms with E-state index in [1.54, 1.807) is 27.0 Å². The van der Waals surface area contributed by atoms with Gasteiger partial charge in [0.15, 0.2) is 0 Å². The summed E-state index contributed by atoms with van der Waals surface area (Å²) in [4.78, 5) is 22.9. The van der Waals surface area contributed by atoms with Gasteiger partial charge in [0.1, 0.15) is 5.60 Å². The Labute approximate surface area is 125 Å². The standard InChI is InChI=1S/C14H17N3O5/c1-13(2,19)14(8-22-14)7-16-11-6-9(17(20)21)4-5-10(11)15(3)12(16)18/h4-6,19H,7-8H2,1-3H3. The topological polar surface area (TPSA) is 103 Å². The molecule has 0 bridgehead atoms. The maximum absolute atomic E-state index is 12.4. The lowest BCUT2D eigenvalue weighted by Crippen LogP contribution is -2.44. The van der Waals surface area contributed by atoms with E-state index in [4.69, 9.17) is 4.74 Å². The summed E-state index contributed by atoms with van der Waals surface area (Å²) in [7, 11) is 1.61. The molecule has 1 aliphatic heterocycles. The van der Waals surface area contributed by atoms with Crippen molar-refractivity contribution in [3.05, 3.63) is 38.8 Å². The molecule has 1 N–H and O–H groups in total. The van der Waals surface area contributed by atoms with Crippen LogP contribution in [0.4, 0.5) is 5.69 Å². The molecule has 0 aliphatic carbocycles. The number of epoxide rings is 1. The van der Waals surface area contributed by atoms with Crippen molar-refractivity contribution < 1.29 is 14.8 Å². The summed E-state index contributed by atoms with van der Waals surface area (Å²) in [6.07, 6.45) is 0. The number of ether oxygens (including phenoxy) is 1. The second-order valence-electron chi connectivity index (χ2n) is 6.20. The fraction of sp³-hybridized carbons (Fsp3) is 0.500. The molecule has 118 valence electrons. The summed E-state index contributed by atoms with van der Waals surface area (Å²) in [5.74, 6) is 0. The number of aryl methyl sites for hydroxylation is 1. The van der Waals surface area contributed by atoms with Crippen LogP contribution in [0.15, 0.2) is 23.0 Å². The molecule has 8 heteroatoms. The third-order valence-corrected chi connectivity index (χ3v) is 4.36. The molecule has 0 radical (unpaired) electrons. The van der Waals surface area contributed by atoms with E-state index < -0.39 is 16.1 Å². The van der Waals surface area contributed by atoms with Crippen molar-refractivity contribution in [1.82, 2.24) is 9.13 Å². The summed E-state index contributed by atoms with van der Waals surface area (Å²) in [6.45, 7) is 3.74. The molecular formula is C14H17N3O5. The van der Waals surface area contributed by atoms with E-state index in [9.17, 15) is 20.0 Å². The van der Waals surface area contributed by atoms with Crippen LogP contribution in [0.3, 0.4) is 0 Å². The van der Waals surface area contributed by atoms with Gasteiger partial charge in [-0.3, -0.25) is 19.2 Å². The Bertz CT molecular complexity index is 823. The summed E-state index contributed by atoms with van der Waals surface area (Å²) in [6, 6.07) is 4.29. The maximum Gasteiger partial charge on any atom is 0.328 e. The van der Waals surface area contributed by atoms with Gasteiger partial charge in [-0.05, 0) is 19.9 Å². The van der Waals surface area contributed by atoms with Crippen LogP contribution in [0.25, 0.3) is 11.0 Å². The van der Waals surface area contributed by atoms with E-state index in [-0.39, 0.29) is 17.9 Å². The summed E-state index contributed by atoms with van der Waals surface area (Å²) < 4.78 is 8.26. The Morgan fingerprint density at radius 3 is 2.59 bits per heavy atom. The SMILES string of the molecule is Cn1c(=O)n(CC2(C(C)(C)O)CO2)c2cc([N+](=O)[O-])ccc21. The molecule has 8 nitrogen and oxygen atoms in total. The van der Waals surface area contributed by atoms with Crippen LogP contribution in [-0.4, -0.2) is 37.0 Å². The maximum atomic E-state index is 12.4. The molecule has 1 unspecified atom stereocenters. The largest absolute Gasteiger partial charge is 0.387 e. The van der Waals surface area contributed by atoms with Gasteiger partial charge in [0.25, 0.3) is 5.69 Å². The number of aromatic nitrogens is 2. The van der Waals surface area contributed by atoms with E-state index in [2.05, 4.69) is 0 Å². The van der Waals surface area contributed by atoms with Crippen molar-refractivity contribution in [2.45, 2.75) is 31.6 Å². The molecule has 0 saturated carbocycles. The molecule has 0 spiro atoms. The minimum atomic E-state index is -1.12. The number of hydrogen-bond donors (Lipinski definition) is 1. The fourth-order valence-corrected chi connectivity index (χ4v) is 2.65. The van der Waals surface area contributed by atoms with Crippen LogP contribution >= 0.6 is 0 Å². The normalized spacial score (nSPS) is 21.3. The zero-order valence-corrected chi connectivity index (χ0v) is 12.6. The van der Waals surface area contributed by atoms with E-state index in [0.717, 1.165) is 0 Å². The third kappa shape index (κ3) is 2.03. The number of nitrogens with zero attached hydrogens (tertiary/aromatic N) is 3. The molecule has 1 aromatic heterocycles. The highest BCUT2D eigenvalue weighted by atomic mass is 16.6. The number of hydrogen-bond acceptors (Lipinski definition) is 5. The average Bonchev–Trinajstić information content (AvgIpc) is 3.19. The quantitative estimate of drug-likeness (QED) is 0.511. The van der Waals surface area contributed by atoms with Crippen LogP contribution in [-0.2, 0) is 18.3 Å². The van der Waals surface area contributed by atoms with Crippen LogP contribution in [0.1, 0.15) is 13.8 Å². The van der Waals surface area contributed by atoms with Crippen LogP contribution < -0.4 is 5.69 Å². The number of nitro benzene ring substituents is 1. The van der Waals surface area contributed by atoms with Crippen LogP contribution in [0.5, 0.6) is 0 Å². The molecule has 0 amide bonds. The van der Waals surface area contributed by atoms with Crippen molar-refractivity contribution in [3.63, 3.8) is 0 Å². The number of non-ortho nitro benzene ring substituents is 1. The Hall–Kier alpha value is -2.19. The Balaban J connectivity index is 2.17. The predicted octanol–water partition coefficient (Wildman–Crippen LogP) is 0.788. The molecule has 3 rings (SSSR count). The van der Waals surface area contributed by atoms with E-state index >= 15 is 0 Å². The van der Waals surface area contributed by atoms with Gasteiger partial charge in [0.05, 0.1) is 34.7 Å². The predicted molar refractivity (Wildman–Crippen MR) is 78.8 cm³/mol. The van der Waals surface area contributed by atoms with Crippen molar-refractivity contribution in [3.8, 4) is 0 Å². The smallest absolute Gasteiger partial charge is 0.328 e. The summed E-state index contributed by atoms with van der Waals surface area (Å²) in [5.41, 5.74) is -1.27. The Morgan fingerprint density at radius 1 is 1.45 bits per heavy atom. The monoisotopic (exact) mass is 307 g/mol. The fourth-order valence-electron chi connectivity index (χ4n) is 2.65. The molecule has 2 heterocycles. The summed E-state index contributed by atoms with van der Waals surface area (Å²) in [5, 5.41) is 21.2. The third-order valence-electron chi connectivity index (χ3n) is 4.36. The average molecular weight is 307 g/mol. The second kappa shape index (κ2) is 4.40. The first-order chi connectivity index (χ1) is 10.2. The molecule has 1 fully saturated rings. The first kappa shape index (κ1) is 14.7. The van der Waals surface area contributed by atoms with Crippen molar-refractivity contribution >= 4 is 16.7 Å². The van der Waals surface area contributed by atoms with E-state index in [0.29, 0.717) is 17.6 Å². The number of benzene rings is 1. The van der Waals surface area contributed by atoms with Crippen molar-refractivity contribution in [2.75, 3.05) is 6.61 Å². The highest BCUT2D eigenvalue weighted by Crippen LogP contribution is 2.40. The van der Waals surface area contributed by atoms with Crippen LogP contribution in [0.2, 0.25) is 0 Å². The minimum absolute atomic E-state index is 0.0825. The number of rotatable bonds is 4. The van der Waals surface area contributed by atoms with Gasteiger partial charge >= 0.3 is 5.69 Å². The zero-order valence-electron chi connectivity index (χ0n) is 12.6. The lowest BCUT2D eigenvalue weighted by Gasteiger charge is -2.26. The van der Waals surface area contributed by atoms with Gasteiger partial charge in [-0.15, -0.1) is 0 Å². The van der Waals surface area contributed by atoms with Gasteiger partial charge in [-0.1, -0.05) is 0 Å². The number of fused-ring (bicyclic) bond motifs is 1. The first-order valence-corrected chi connectivity index (χ1v) is 6.86. The molecule has 22 heavy (non-hydrogen) atoms. The van der Waals surface area contributed by atoms with Gasteiger partial charge < -0.3 is 9.84 Å². The Morgan fingerprint density at radius 2 is 2.09 bits per heavy atom. The molecule has 2 aromatic rings. The number of imidazole rings is 1. The highest BCUT2D eigenvalue weighted by Gasteiger charge is 2.56.